The SMILES string of the molecule is CC[C@H](C[N+](C)(C)C)OC(C)=O. The minimum Gasteiger partial charge on any atom is -0.457 e. The van der Waals surface area contributed by atoms with E-state index in [0.717, 1.165) is 17.4 Å². The van der Waals surface area contributed by atoms with Crippen molar-refractivity contribution in [2.45, 2.75) is 26.4 Å². The number of carbonyl (C=O) groups is 1. The molecule has 0 aromatic carbocycles. The summed E-state index contributed by atoms with van der Waals surface area (Å²) in [4.78, 5) is 10.7. The van der Waals surface area contributed by atoms with E-state index in [9.17, 15) is 4.79 Å². The summed E-state index contributed by atoms with van der Waals surface area (Å²) in [6.45, 7) is 4.36. The third-order valence-electron chi connectivity index (χ3n) is 1.54. The number of esters is 1. The van der Waals surface area contributed by atoms with Crippen molar-refractivity contribution in [1.82, 2.24) is 0 Å². The van der Waals surface area contributed by atoms with Crippen molar-refractivity contribution in [2.75, 3.05) is 27.7 Å². The molecule has 0 saturated carbocycles. The van der Waals surface area contributed by atoms with E-state index in [1.54, 1.807) is 0 Å². The van der Waals surface area contributed by atoms with Gasteiger partial charge in [-0.3, -0.25) is 4.79 Å². The Bertz CT molecular complexity index is 149. The summed E-state index contributed by atoms with van der Waals surface area (Å²) < 4.78 is 5.95. The van der Waals surface area contributed by atoms with Crippen LogP contribution in [0.15, 0.2) is 0 Å². The highest BCUT2D eigenvalue weighted by Gasteiger charge is 2.18. The summed E-state index contributed by atoms with van der Waals surface area (Å²) in [7, 11) is 6.27. The van der Waals surface area contributed by atoms with E-state index in [2.05, 4.69) is 21.1 Å². The molecule has 0 bridgehead atoms. The van der Waals surface area contributed by atoms with Crippen LogP contribution in [0.3, 0.4) is 0 Å². The number of likely N-dealkylation sites (N-methyl/N-ethyl adjacent to an activating group) is 1. The van der Waals surface area contributed by atoms with Crippen molar-refractivity contribution in [3.05, 3.63) is 0 Å². The number of hydrogen-bond donors (Lipinski definition) is 0. The number of rotatable bonds is 4. The molecule has 0 aromatic rings. The zero-order valence-corrected chi connectivity index (χ0v) is 8.76. The second-order valence-corrected chi connectivity index (χ2v) is 4.11. The lowest BCUT2D eigenvalue weighted by Gasteiger charge is -2.28. The van der Waals surface area contributed by atoms with Gasteiger partial charge in [-0.25, -0.2) is 0 Å². The molecule has 0 amide bonds. The monoisotopic (exact) mass is 174 g/mol. The fraction of sp³-hybridized carbons (Fsp3) is 0.889. The van der Waals surface area contributed by atoms with Gasteiger partial charge in [0.05, 0.1) is 21.1 Å². The van der Waals surface area contributed by atoms with Crippen LogP contribution in [0.25, 0.3) is 0 Å². The third-order valence-corrected chi connectivity index (χ3v) is 1.54. The molecule has 0 saturated heterocycles. The summed E-state index contributed by atoms with van der Waals surface area (Å²) >= 11 is 0. The van der Waals surface area contributed by atoms with Crippen LogP contribution in [0.2, 0.25) is 0 Å². The molecule has 0 radical (unpaired) electrons. The molecule has 12 heavy (non-hydrogen) atoms. The molecule has 3 heteroatoms. The second-order valence-electron chi connectivity index (χ2n) is 4.11. The Morgan fingerprint density at radius 3 is 2.17 bits per heavy atom. The van der Waals surface area contributed by atoms with Gasteiger partial charge in [0.25, 0.3) is 0 Å². The van der Waals surface area contributed by atoms with E-state index in [4.69, 9.17) is 4.74 Å². The maximum absolute atomic E-state index is 10.7. The summed E-state index contributed by atoms with van der Waals surface area (Å²) in [5.41, 5.74) is 0. The highest BCUT2D eigenvalue weighted by molar-refractivity contribution is 5.66. The minimum absolute atomic E-state index is 0.0579. The van der Waals surface area contributed by atoms with Gasteiger partial charge in [-0.1, -0.05) is 6.92 Å². The molecule has 3 nitrogen and oxygen atoms in total. The van der Waals surface area contributed by atoms with Crippen LogP contribution in [0.1, 0.15) is 20.3 Å². The van der Waals surface area contributed by atoms with Crippen LogP contribution >= 0.6 is 0 Å². The Morgan fingerprint density at radius 2 is 1.92 bits per heavy atom. The summed E-state index contributed by atoms with van der Waals surface area (Å²) in [6.07, 6.45) is 0.942. The lowest BCUT2D eigenvalue weighted by Crippen LogP contribution is -2.42. The lowest BCUT2D eigenvalue weighted by atomic mass is 10.2. The van der Waals surface area contributed by atoms with Gasteiger partial charge in [0.15, 0.2) is 6.10 Å². The van der Waals surface area contributed by atoms with Crippen molar-refractivity contribution in [1.29, 1.82) is 0 Å². The first-order valence-electron chi connectivity index (χ1n) is 4.33. The van der Waals surface area contributed by atoms with Gasteiger partial charge in [-0.2, -0.15) is 0 Å². The molecule has 0 fully saturated rings. The molecular formula is C9H20NO2+. The molecule has 0 aromatic heterocycles. The fourth-order valence-electron chi connectivity index (χ4n) is 1.10. The van der Waals surface area contributed by atoms with E-state index in [1.807, 2.05) is 6.92 Å². The molecular weight excluding hydrogens is 154 g/mol. The highest BCUT2D eigenvalue weighted by Crippen LogP contribution is 2.03. The van der Waals surface area contributed by atoms with E-state index in [-0.39, 0.29) is 12.1 Å². The predicted molar refractivity (Wildman–Crippen MR) is 48.7 cm³/mol. The van der Waals surface area contributed by atoms with Crippen molar-refractivity contribution in [2.24, 2.45) is 0 Å². The topological polar surface area (TPSA) is 26.3 Å². The predicted octanol–water partition coefficient (Wildman–Crippen LogP) is 1.03. The number of nitrogens with zero attached hydrogens (tertiary/aromatic N) is 1. The van der Waals surface area contributed by atoms with Crippen LogP contribution in [-0.4, -0.2) is 44.2 Å². The van der Waals surface area contributed by atoms with E-state index >= 15 is 0 Å². The Morgan fingerprint density at radius 1 is 1.42 bits per heavy atom. The zero-order chi connectivity index (χ0) is 9.78. The highest BCUT2D eigenvalue weighted by atomic mass is 16.5. The largest absolute Gasteiger partial charge is 0.457 e. The Hall–Kier alpha value is -0.570. The molecule has 0 unspecified atom stereocenters. The summed E-state index contributed by atoms with van der Waals surface area (Å²) in [5, 5.41) is 0. The second kappa shape index (κ2) is 4.45. The third kappa shape index (κ3) is 6.16. The van der Waals surface area contributed by atoms with E-state index in [0.29, 0.717) is 0 Å². The van der Waals surface area contributed by atoms with Crippen molar-refractivity contribution in [3.8, 4) is 0 Å². The summed E-state index contributed by atoms with van der Waals surface area (Å²) in [5.74, 6) is -0.185. The summed E-state index contributed by atoms with van der Waals surface area (Å²) in [6, 6.07) is 0. The molecule has 0 aliphatic heterocycles. The first kappa shape index (κ1) is 11.4. The molecule has 72 valence electrons. The molecule has 1 atom stereocenters. The van der Waals surface area contributed by atoms with Crippen LogP contribution in [-0.2, 0) is 9.53 Å². The number of ether oxygens (including phenoxy) is 1. The van der Waals surface area contributed by atoms with Crippen LogP contribution in [0.4, 0.5) is 0 Å². The lowest BCUT2D eigenvalue weighted by molar-refractivity contribution is -0.873. The first-order chi connectivity index (χ1) is 5.35. The van der Waals surface area contributed by atoms with Gasteiger partial charge >= 0.3 is 5.97 Å². The number of hydrogen-bond acceptors (Lipinski definition) is 2. The molecule has 0 N–H and O–H groups in total. The quantitative estimate of drug-likeness (QED) is 0.470. The van der Waals surface area contributed by atoms with Crippen molar-refractivity contribution >= 4 is 5.97 Å². The smallest absolute Gasteiger partial charge is 0.303 e. The first-order valence-corrected chi connectivity index (χ1v) is 4.33. The molecule has 0 rings (SSSR count). The van der Waals surface area contributed by atoms with Gasteiger partial charge in [-0.05, 0) is 6.42 Å². The van der Waals surface area contributed by atoms with Gasteiger partial charge in [0.1, 0.15) is 6.54 Å². The van der Waals surface area contributed by atoms with Crippen LogP contribution < -0.4 is 0 Å². The Balaban J connectivity index is 3.92. The molecule has 0 aliphatic rings. The average molecular weight is 174 g/mol. The molecule has 0 aliphatic carbocycles. The maximum Gasteiger partial charge on any atom is 0.303 e. The van der Waals surface area contributed by atoms with Gasteiger partial charge < -0.3 is 9.22 Å². The van der Waals surface area contributed by atoms with Crippen molar-refractivity contribution in [3.63, 3.8) is 0 Å². The van der Waals surface area contributed by atoms with Crippen LogP contribution in [0.5, 0.6) is 0 Å². The average Bonchev–Trinajstić information content (AvgIpc) is 1.82. The maximum atomic E-state index is 10.7. The molecule has 0 heterocycles. The van der Waals surface area contributed by atoms with Gasteiger partial charge in [-0.15, -0.1) is 0 Å². The van der Waals surface area contributed by atoms with Crippen LogP contribution in [0, 0.1) is 0 Å². The standard InChI is InChI=1S/C9H20NO2/c1-6-9(12-8(2)11)7-10(3,4)5/h9H,6-7H2,1-5H3/q+1/t9-/m1/s1. The van der Waals surface area contributed by atoms with Gasteiger partial charge in [0.2, 0.25) is 0 Å². The minimum atomic E-state index is -0.185. The number of carbonyl (C=O) groups excluding carboxylic acids is 1. The zero-order valence-electron chi connectivity index (χ0n) is 8.76. The fourth-order valence-corrected chi connectivity index (χ4v) is 1.10. The Labute approximate surface area is 74.9 Å². The Kier molecular flexibility index (Phi) is 4.24. The van der Waals surface area contributed by atoms with E-state index < -0.39 is 0 Å². The molecule has 0 spiro atoms. The number of quaternary nitrogens is 1. The van der Waals surface area contributed by atoms with Gasteiger partial charge in [0, 0.05) is 6.92 Å². The van der Waals surface area contributed by atoms with E-state index in [1.165, 1.54) is 6.92 Å². The normalized spacial score (nSPS) is 14.1. The van der Waals surface area contributed by atoms with Crippen molar-refractivity contribution < 1.29 is 14.0 Å².